The Morgan fingerprint density at radius 1 is 1.17 bits per heavy atom. The van der Waals surface area contributed by atoms with E-state index in [-0.39, 0.29) is 37.2 Å². The van der Waals surface area contributed by atoms with E-state index in [0.29, 0.717) is 59.4 Å². The van der Waals surface area contributed by atoms with Gasteiger partial charge < -0.3 is 25.2 Å². The van der Waals surface area contributed by atoms with Gasteiger partial charge in [-0.15, -0.1) is 11.3 Å². The van der Waals surface area contributed by atoms with Gasteiger partial charge in [-0.1, -0.05) is 24.3 Å². The number of ether oxygens (including phenoxy) is 1. The third kappa shape index (κ3) is 6.35. The van der Waals surface area contributed by atoms with Crippen molar-refractivity contribution in [3.63, 3.8) is 0 Å². The summed E-state index contributed by atoms with van der Waals surface area (Å²) in [4.78, 5) is 52.6. The van der Waals surface area contributed by atoms with Gasteiger partial charge in [-0.2, -0.15) is 0 Å². The number of methoxy groups -OCH3 is 1. The van der Waals surface area contributed by atoms with Crippen LogP contribution in [0.2, 0.25) is 0 Å². The van der Waals surface area contributed by atoms with Gasteiger partial charge in [0.15, 0.2) is 10.8 Å². The normalized spacial score (nSPS) is 21.4. The van der Waals surface area contributed by atoms with Gasteiger partial charge in [0.25, 0.3) is 0 Å². The number of esters is 1. The van der Waals surface area contributed by atoms with Crippen molar-refractivity contribution in [2.75, 3.05) is 44.8 Å². The second-order valence-corrected chi connectivity index (χ2v) is 12.5. The van der Waals surface area contributed by atoms with Crippen molar-refractivity contribution in [1.82, 2.24) is 20.1 Å². The number of urea groups is 1. The third-order valence-electron chi connectivity index (χ3n) is 8.98. The van der Waals surface area contributed by atoms with E-state index in [9.17, 15) is 23.9 Å². The van der Waals surface area contributed by atoms with E-state index in [1.54, 1.807) is 35.1 Å². The van der Waals surface area contributed by atoms with Crippen LogP contribution in [0.5, 0.6) is 0 Å². The summed E-state index contributed by atoms with van der Waals surface area (Å²) in [6.45, 7) is 2.75. The quantitative estimate of drug-likeness (QED) is 0.279. The molecule has 47 heavy (non-hydrogen) atoms. The topological polar surface area (TPSA) is 148 Å². The molecule has 3 aliphatic rings. The van der Waals surface area contributed by atoms with E-state index in [4.69, 9.17) is 14.8 Å². The number of aliphatic carboxylic acids is 1. The molecule has 2 amide bonds. The van der Waals surface area contributed by atoms with Crippen LogP contribution in [-0.2, 0) is 20.7 Å². The van der Waals surface area contributed by atoms with Crippen molar-refractivity contribution >= 4 is 40.8 Å². The number of carboxylic acid groups (broad SMARTS) is 1. The number of amidine groups is 1. The molecule has 3 aromatic rings. The number of carbonyl (C=O) groups excluding carboxylic acids is 2. The molecule has 2 fully saturated rings. The Bertz CT molecular complexity index is 1730. The monoisotopic (exact) mass is 662 g/mol. The van der Waals surface area contributed by atoms with Gasteiger partial charge in [-0.25, -0.2) is 19.0 Å². The Morgan fingerprint density at radius 2 is 1.96 bits per heavy atom. The lowest BCUT2D eigenvalue weighted by Crippen LogP contribution is -2.61. The number of nitrogens with zero attached hydrogens (tertiary/aromatic N) is 5. The highest BCUT2D eigenvalue weighted by atomic mass is 32.1. The van der Waals surface area contributed by atoms with E-state index in [0.717, 1.165) is 5.56 Å². The predicted molar refractivity (Wildman–Crippen MR) is 173 cm³/mol. The standard InChI is InChI=1S/C33H35FN6O6S/c1-19-22(4-3-5-23(19)34)29-28(32(44)46-2)24(36-30(37-29)31-35-12-15-47-31)16-38-13-14-39-25(26(38)18-41)17-40(33(39)45)21-9-6-20(7-10-21)8-11-27(42)43/h3-7,9-10,12,15,25-26,29,41H,8,11,13-14,16-18H2,1-2H3,(H,36,37)(H,42,43)/t25-,26-,29+/m1/s1. The first-order valence-electron chi connectivity index (χ1n) is 15.2. The summed E-state index contributed by atoms with van der Waals surface area (Å²) < 4.78 is 20.0. The molecule has 2 saturated heterocycles. The molecule has 0 unspecified atom stereocenters. The molecular weight excluding hydrogens is 627 g/mol. The highest BCUT2D eigenvalue weighted by Gasteiger charge is 2.47. The summed E-state index contributed by atoms with van der Waals surface area (Å²) in [5.74, 6) is -1.47. The fourth-order valence-corrected chi connectivity index (χ4v) is 7.10. The average molecular weight is 663 g/mol. The largest absolute Gasteiger partial charge is 0.481 e. The van der Waals surface area contributed by atoms with Gasteiger partial charge in [-0.3, -0.25) is 19.6 Å². The SMILES string of the molecule is COC(=O)C1=C(CN2CCN3C(=O)N(c4ccc(CCC(=O)O)cc4)C[C@@H]3[C@H]2CO)NC(c2nccs2)=N[C@H]1c1cccc(F)c1C. The van der Waals surface area contributed by atoms with Gasteiger partial charge in [0.2, 0.25) is 0 Å². The van der Waals surface area contributed by atoms with E-state index in [1.807, 2.05) is 34.5 Å². The lowest BCUT2D eigenvalue weighted by molar-refractivity contribution is -0.137. The maximum atomic E-state index is 14.8. The maximum absolute atomic E-state index is 14.8. The van der Waals surface area contributed by atoms with Crippen LogP contribution in [0.3, 0.4) is 0 Å². The summed E-state index contributed by atoms with van der Waals surface area (Å²) in [7, 11) is 1.29. The van der Waals surface area contributed by atoms with E-state index in [1.165, 1.54) is 24.5 Å². The number of aromatic nitrogens is 1. The number of piperazine rings is 1. The van der Waals surface area contributed by atoms with Crippen LogP contribution in [0, 0.1) is 12.7 Å². The number of benzene rings is 2. The number of aliphatic imine (C=N–C) groups is 1. The molecule has 3 N–H and O–H groups in total. The number of aryl methyl sites for hydroxylation is 1. The molecule has 12 nitrogen and oxygen atoms in total. The number of hydrogen-bond acceptors (Lipinski definition) is 10. The van der Waals surface area contributed by atoms with E-state index in [2.05, 4.69) is 10.3 Å². The number of fused-ring (bicyclic) bond motifs is 1. The lowest BCUT2D eigenvalue weighted by Gasteiger charge is -2.43. The highest BCUT2D eigenvalue weighted by molar-refractivity contribution is 7.11. The zero-order chi connectivity index (χ0) is 33.2. The summed E-state index contributed by atoms with van der Waals surface area (Å²) in [6, 6.07) is 10.1. The Morgan fingerprint density at radius 3 is 2.64 bits per heavy atom. The number of aliphatic hydroxyl groups is 1. The fourth-order valence-electron chi connectivity index (χ4n) is 6.51. The Kier molecular flexibility index (Phi) is 9.34. The van der Waals surface area contributed by atoms with Gasteiger partial charge in [0.05, 0.1) is 31.4 Å². The van der Waals surface area contributed by atoms with Gasteiger partial charge in [-0.05, 0) is 48.2 Å². The number of aliphatic hydroxyl groups excluding tert-OH is 1. The third-order valence-corrected chi connectivity index (χ3v) is 9.76. The van der Waals surface area contributed by atoms with E-state index >= 15 is 0 Å². The van der Waals surface area contributed by atoms with Crippen LogP contribution in [0.15, 0.2) is 70.3 Å². The molecule has 1 aromatic heterocycles. The van der Waals surface area contributed by atoms with E-state index < -0.39 is 29.8 Å². The molecule has 0 aliphatic carbocycles. The molecular formula is C33H35FN6O6S. The van der Waals surface area contributed by atoms with Crippen molar-refractivity contribution in [2.45, 2.75) is 37.9 Å². The van der Waals surface area contributed by atoms with Crippen molar-refractivity contribution in [2.24, 2.45) is 4.99 Å². The molecule has 3 atom stereocenters. The molecule has 3 aliphatic heterocycles. The second kappa shape index (κ2) is 13.6. The first-order chi connectivity index (χ1) is 22.7. The number of hydrogen-bond donors (Lipinski definition) is 3. The number of rotatable bonds is 10. The molecule has 0 spiro atoms. The van der Waals surface area contributed by atoms with Crippen LogP contribution in [0.25, 0.3) is 0 Å². The zero-order valence-corrected chi connectivity index (χ0v) is 26.7. The molecule has 6 rings (SSSR count). The second-order valence-electron chi connectivity index (χ2n) is 11.6. The molecule has 14 heteroatoms. The number of carbonyl (C=O) groups is 3. The van der Waals surface area contributed by atoms with Crippen molar-refractivity contribution in [3.05, 3.63) is 92.8 Å². The molecule has 4 heterocycles. The van der Waals surface area contributed by atoms with Crippen molar-refractivity contribution in [3.8, 4) is 0 Å². The first kappa shape index (κ1) is 32.3. The van der Waals surface area contributed by atoms with Crippen LogP contribution in [-0.4, -0.2) is 101 Å². The predicted octanol–water partition coefficient (Wildman–Crippen LogP) is 3.11. The summed E-state index contributed by atoms with van der Waals surface area (Å²) in [5, 5.41) is 25.4. The minimum atomic E-state index is -0.871. The molecule has 0 radical (unpaired) electrons. The lowest BCUT2D eigenvalue weighted by atomic mass is 9.91. The molecule has 246 valence electrons. The van der Waals surface area contributed by atoms with Crippen LogP contribution in [0.4, 0.5) is 14.9 Å². The summed E-state index contributed by atoms with van der Waals surface area (Å²) in [6.07, 6.45) is 2.07. The number of amides is 2. The fraction of sp³-hybridized carbons (Fsp3) is 0.364. The first-order valence-corrected chi connectivity index (χ1v) is 16.1. The number of halogens is 1. The van der Waals surface area contributed by atoms with Crippen molar-refractivity contribution in [1.29, 1.82) is 0 Å². The van der Waals surface area contributed by atoms with Gasteiger partial charge in [0.1, 0.15) is 11.9 Å². The Labute approximate surface area is 274 Å². The summed E-state index contributed by atoms with van der Waals surface area (Å²) in [5.41, 5.74) is 3.16. The van der Waals surface area contributed by atoms with Crippen LogP contribution < -0.4 is 10.2 Å². The molecule has 0 bridgehead atoms. The van der Waals surface area contributed by atoms with Crippen molar-refractivity contribution < 1.29 is 33.7 Å². The molecule has 0 saturated carbocycles. The number of thiazole rings is 1. The Hall–Kier alpha value is -4.66. The molecule has 2 aromatic carbocycles. The van der Waals surface area contributed by atoms with Crippen LogP contribution >= 0.6 is 11.3 Å². The minimum absolute atomic E-state index is 0.0224. The number of anilines is 1. The number of carboxylic acids is 1. The smallest absolute Gasteiger partial charge is 0.338 e. The Balaban J connectivity index is 1.30. The average Bonchev–Trinajstić information content (AvgIpc) is 3.73. The van der Waals surface area contributed by atoms with Gasteiger partial charge >= 0.3 is 18.0 Å². The highest BCUT2D eigenvalue weighted by Crippen LogP contribution is 2.36. The minimum Gasteiger partial charge on any atom is -0.481 e. The number of nitrogens with one attached hydrogen (secondary N) is 1. The maximum Gasteiger partial charge on any atom is 0.338 e. The zero-order valence-electron chi connectivity index (χ0n) is 25.9. The summed E-state index contributed by atoms with van der Waals surface area (Å²) >= 11 is 1.37. The van der Waals surface area contributed by atoms with Crippen LogP contribution in [0.1, 0.15) is 34.2 Å². The van der Waals surface area contributed by atoms with Gasteiger partial charge in [0, 0.05) is 55.6 Å².